The van der Waals surface area contributed by atoms with Crippen molar-refractivity contribution in [1.82, 2.24) is 4.90 Å². The summed E-state index contributed by atoms with van der Waals surface area (Å²) in [7, 11) is 2.03. The van der Waals surface area contributed by atoms with Gasteiger partial charge in [-0.3, -0.25) is 9.69 Å². The minimum absolute atomic E-state index is 0.353. The Morgan fingerprint density at radius 2 is 2.25 bits per heavy atom. The molecule has 0 aromatic carbocycles. The summed E-state index contributed by atoms with van der Waals surface area (Å²) in [6.45, 7) is 1.51. The van der Waals surface area contributed by atoms with E-state index in [0.717, 1.165) is 19.4 Å². The number of thiophene rings is 1. The predicted octanol–water partition coefficient (Wildman–Crippen LogP) is 2.94. The zero-order valence-electron chi connectivity index (χ0n) is 9.82. The Morgan fingerprint density at radius 1 is 1.50 bits per heavy atom. The summed E-state index contributed by atoms with van der Waals surface area (Å²) in [5.41, 5.74) is 0. The first-order valence-electron chi connectivity index (χ1n) is 5.99. The molecule has 3 heteroatoms. The van der Waals surface area contributed by atoms with E-state index in [9.17, 15) is 4.79 Å². The number of hydrogen-bond acceptors (Lipinski definition) is 3. The van der Waals surface area contributed by atoms with E-state index < -0.39 is 0 Å². The van der Waals surface area contributed by atoms with Crippen LogP contribution in [0.1, 0.15) is 30.6 Å². The normalized spacial score (nSPS) is 17.1. The first kappa shape index (κ1) is 11.8. The van der Waals surface area contributed by atoms with Crippen LogP contribution in [0, 0.1) is 5.92 Å². The molecule has 2 rings (SSSR count). The number of carbonyl (C=O) groups excluding carboxylic acids is 1. The standard InChI is InChI=1S/C13H19NOS/c1-14(9-12-7-4-8-16-12)10-13(15)11-5-2-3-6-11/h4,7-8,11H,2-3,5-6,9-10H2,1H3. The van der Waals surface area contributed by atoms with Crippen LogP contribution in [0.25, 0.3) is 0 Å². The van der Waals surface area contributed by atoms with Gasteiger partial charge in [-0.25, -0.2) is 0 Å². The molecule has 0 radical (unpaired) electrons. The first-order valence-corrected chi connectivity index (χ1v) is 6.87. The molecule has 1 aliphatic rings. The van der Waals surface area contributed by atoms with Crippen LogP contribution < -0.4 is 0 Å². The zero-order chi connectivity index (χ0) is 11.4. The van der Waals surface area contributed by atoms with Crippen LogP contribution in [0.5, 0.6) is 0 Å². The van der Waals surface area contributed by atoms with Crippen molar-refractivity contribution >= 4 is 17.1 Å². The number of carbonyl (C=O) groups is 1. The van der Waals surface area contributed by atoms with E-state index in [1.165, 1.54) is 17.7 Å². The maximum Gasteiger partial charge on any atom is 0.149 e. The van der Waals surface area contributed by atoms with Gasteiger partial charge in [0.1, 0.15) is 5.78 Å². The molecule has 0 bridgehead atoms. The second kappa shape index (κ2) is 5.60. The molecule has 1 aliphatic carbocycles. The Labute approximate surface area is 101 Å². The maximum absolute atomic E-state index is 11.9. The number of Topliss-reactive ketones (excluding diaryl/α,β-unsaturated/α-hetero) is 1. The Morgan fingerprint density at radius 3 is 2.88 bits per heavy atom. The van der Waals surface area contributed by atoms with Crippen LogP contribution in [-0.4, -0.2) is 24.3 Å². The highest BCUT2D eigenvalue weighted by Crippen LogP contribution is 2.25. The lowest BCUT2D eigenvalue weighted by Gasteiger charge is -2.17. The fraction of sp³-hybridized carbons (Fsp3) is 0.615. The fourth-order valence-corrected chi connectivity index (χ4v) is 3.15. The van der Waals surface area contributed by atoms with Gasteiger partial charge in [-0.05, 0) is 31.3 Å². The highest BCUT2D eigenvalue weighted by atomic mass is 32.1. The second-order valence-electron chi connectivity index (χ2n) is 4.70. The highest BCUT2D eigenvalue weighted by Gasteiger charge is 2.23. The monoisotopic (exact) mass is 237 g/mol. The van der Waals surface area contributed by atoms with Crippen molar-refractivity contribution in [2.75, 3.05) is 13.6 Å². The molecular weight excluding hydrogens is 218 g/mol. The highest BCUT2D eigenvalue weighted by molar-refractivity contribution is 7.09. The maximum atomic E-state index is 11.9. The smallest absolute Gasteiger partial charge is 0.149 e. The van der Waals surface area contributed by atoms with Crippen molar-refractivity contribution in [3.8, 4) is 0 Å². The third kappa shape index (κ3) is 3.16. The first-order chi connectivity index (χ1) is 7.75. The molecule has 16 heavy (non-hydrogen) atoms. The molecule has 0 saturated heterocycles. The van der Waals surface area contributed by atoms with E-state index >= 15 is 0 Å². The van der Waals surface area contributed by atoms with E-state index in [2.05, 4.69) is 22.4 Å². The van der Waals surface area contributed by atoms with Gasteiger partial charge in [0.25, 0.3) is 0 Å². The van der Waals surface area contributed by atoms with Crippen molar-refractivity contribution in [3.05, 3.63) is 22.4 Å². The fourth-order valence-electron chi connectivity index (χ4n) is 2.37. The van der Waals surface area contributed by atoms with Gasteiger partial charge >= 0.3 is 0 Å². The van der Waals surface area contributed by atoms with Gasteiger partial charge in [0, 0.05) is 17.3 Å². The van der Waals surface area contributed by atoms with Crippen LogP contribution in [0.3, 0.4) is 0 Å². The summed E-state index contributed by atoms with van der Waals surface area (Å²) in [4.78, 5) is 15.4. The Hall–Kier alpha value is -0.670. The summed E-state index contributed by atoms with van der Waals surface area (Å²) in [5, 5.41) is 2.09. The Balaban J connectivity index is 1.78. The van der Waals surface area contributed by atoms with Crippen LogP contribution in [0.4, 0.5) is 0 Å². The SMILES string of the molecule is CN(CC(=O)C1CCCC1)Cc1cccs1. The molecule has 1 fully saturated rings. The van der Waals surface area contributed by atoms with Gasteiger partial charge in [-0.2, -0.15) is 0 Å². The summed E-state index contributed by atoms with van der Waals surface area (Å²) in [5.74, 6) is 0.794. The molecule has 0 unspecified atom stereocenters. The molecular formula is C13H19NOS. The van der Waals surface area contributed by atoms with Gasteiger partial charge in [-0.15, -0.1) is 11.3 Å². The van der Waals surface area contributed by atoms with Gasteiger partial charge in [0.2, 0.25) is 0 Å². The molecule has 88 valence electrons. The number of likely N-dealkylation sites (N-methyl/N-ethyl adjacent to an activating group) is 1. The van der Waals surface area contributed by atoms with Gasteiger partial charge in [0.05, 0.1) is 6.54 Å². The molecule has 0 atom stereocenters. The van der Waals surface area contributed by atoms with E-state index in [-0.39, 0.29) is 0 Å². The van der Waals surface area contributed by atoms with E-state index in [4.69, 9.17) is 0 Å². The molecule has 1 aromatic heterocycles. The molecule has 1 heterocycles. The number of hydrogen-bond donors (Lipinski definition) is 0. The predicted molar refractivity (Wildman–Crippen MR) is 67.6 cm³/mol. The average molecular weight is 237 g/mol. The van der Waals surface area contributed by atoms with Gasteiger partial charge in [-0.1, -0.05) is 18.9 Å². The third-order valence-electron chi connectivity index (χ3n) is 3.24. The lowest BCUT2D eigenvalue weighted by Crippen LogP contribution is -2.28. The van der Waals surface area contributed by atoms with Crippen molar-refractivity contribution in [2.24, 2.45) is 5.92 Å². The van der Waals surface area contributed by atoms with Crippen molar-refractivity contribution in [1.29, 1.82) is 0 Å². The largest absolute Gasteiger partial charge is 0.298 e. The molecule has 2 nitrogen and oxygen atoms in total. The molecule has 0 amide bonds. The van der Waals surface area contributed by atoms with Crippen molar-refractivity contribution in [2.45, 2.75) is 32.2 Å². The Kier molecular flexibility index (Phi) is 4.13. The minimum Gasteiger partial charge on any atom is -0.298 e. The molecule has 0 spiro atoms. The second-order valence-corrected chi connectivity index (χ2v) is 5.73. The number of nitrogens with zero attached hydrogens (tertiary/aromatic N) is 1. The minimum atomic E-state index is 0.353. The summed E-state index contributed by atoms with van der Waals surface area (Å²) in [6.07, 6.45) is 4.72. The van der Waals surface area contributed by atoms with Crippen LogP contribution >= 0.6 is 11.3 Å². The summed E-state index contributed by atoms with van der Waals surface area (Å²) in [6, 6.07) is 4.19. The molecule has 0 aliphatic heterocycles. The molecule has 1 aromatic rings. The molecule has 1 saturated carbocycles. The molecule has 0 N–H and O–H groups in total. The number of ketones is 1. The van der Waals surface area contributed by atoms with Crippen molar-refractivity contribution in [3.63, 3.8) is 0 Å². The van der Waals surface area contributed by atoms with Gasteiger partial charge in [0.15, 0.2) is 0 Å². The van der Waals surface area contributed by atoms with Crippen LogP contribution in [0.15, 0.2) is 17.5 Å². The lowest BCUT2D eigenvalue weighted by molar-refractivity contribution is -0.123. The van der Waals surface area contributed by atoms with E-state index in [1.807, 2.05) is 7.05 Å². The quantitative estimate of drug-likeness (QED) is 0.784. The van der Waals surface area contributed by atoms with Gasteiger partial charge < -0.3 is 0 Å². The van der Waals surface area contributed by atoms with E-state index in [1.54, 1.807) is 11.3 Å². The zero-order valence-corrected chi connectivity index (χ0v) is 10.6. The van der Waals surface area contributed by atoms with Crippen LogP contribution in [0.2, 0.25) is 0 Å². The number of rotatable bonds is 5. The average Bonchev–Trinajstić information content (AvgIpc) is 2.88. The summed E-state index contributed by atoms with van der Waals surface area (Å²) < 4.78 is 0. The third-order valence-corrected chi connectivity index (χ3v) is 4.10. The van der Waals surface area contributed by atoms with E-state index in [0.29, 0.717) is 18.2 Å². The summed E-state index contributed by atoms with van der Waals surface area (Å²) >= 11 is 1.76. The Bertz CT molecular complexity index is 328. The van der Waals surface area contributed by atoms with Crippen molar-refractivity contribution < 1.29 is 4.79 Å². The topological polar surface area (TPSA) is 20.3 Å². The lowest BCUT2D eigenvalue weighted by atomic mass is 10.0. The van der Waals surface area contributed by atoms with Crippen LogP contribution in [-0.2, 0) is 11.3 Å².